The summed E-state index contributed by atoms with van der Waals surface area (Å²) in [5.41, 5.74) is 5.40. The molecule has 1 aliphatic rings. The second-order valence-corrected chi connectivity index (χ2v) is 6.16. The largest absolute Gasteiger partial charge is 0.447 e. The number of furan rings is 1. The van der Waals surface area contributed by atoms with Crippen molar-refractivity contribution < 1.29 is 22.3 Å². The predicted octanol–water partition coefficient (Wildman–Crippen LogP) is -0.227. The van der Waals surface area contributed by atoms with Crippen LogP contribution in [0.4, 0.5) is 0 Å². The van der Waals surface area contributed by atoms with Crippen LogP contribution in [0.25, 0.3) is 0 Å². The number of hydrogen-bond donors (Lipinski definition) is 1. The molecule has 19 heavy (non-hydrogen) atoms. The lowest BCUT2D eigenvalue weighted by molar-refractivity contribution is -0.00461. The molecular weight excluding hydrogens is 272 g/mol. The summed E-state index contributed by atoms with van der Waals surface area (Å²) in [6.45, 7) is 0.656. The van der Waals surface area contributed by atoms with Crippen LogP contribution in [0.5, 0.6) is 0 Å². The minimum absolute atomic E-state index is 0.0976. The lowest BCUT2D eigenvalue weighted by Crippen LogP contribution is -2.29. The van der Waals surface area contributed by atoms with Crippen LogP contribution in [0.2, 0.25) is 0 Å². The predicted molar refractivity (Wildman–Crippen MR) is 67.0 cm³/mol. The van der Waals surface area contributed by atoms with Gasteiger partial charge in [-0.25, -0.2) is 8.42 Å². The molecule has 1 aromatic heterocycles. The number of ether oxygens (including phenoxy) is 2. The van der Waals surface area contributed by atoms with Gasteiger partial charge in [0.2, 0.25) is 5.09 Å². The Morgan fingerprint density at radius 3 is 2.32 bits per heavy atom. The van der Waals surface area contributed by atoms with Crippen molar-refractivity contribution in [2.45, 2.75) is 23.8 Å². The van der Waals surface area contributed by atoms with Gasteiger partial charge in [0.1, 0.15) is 5.76 Å². The first-order chi connectivity index (χ1) is 9.02. The number of rotatable bonds is 5. The minimum atomic E-state index is -3.66. The molecule has 2 atom stereocenters. The van der Waals surface area contributed by atoms with E-state index in [4.69, 9.17) is 19.6 Å². The van der Waals surface area contributed by atoms with Gasteiger partial charge in [-0.3, -0.25) is 0 Å². The maximum absolute atomic E-state index is 12.4. The molecule has 8 heteroatoms. The Bertz CT molecular complexity index is 515. The maximum atomic E-state index is 12.4. The topological polar surface area (TPSA) is 95.0 Å². The molecule has 0 aromatic carbocycles. The Labute approximate surface area is 112 Å². The van der Waals surface area contributed by atoms with Gasteiger partial charge in [-0.1, -0.05) is 0 Å². The molecule has 0 radical (unpaired) electrons. The van der Waals surface area contributed by atoms with E-state index < -0.39 is 10.0 Å². The number of nitrogens with two attached hydrogens (primary N) is 1. The number of hydrogen-bond acceptors (Lipinski definition) is 6. The number of methoxy groups -OCH3 is 2. The van der Waals surface area contributed by atoms with Gasteiger partial charge >= 0.3 is 0 Å². The molecule has 0 spiro atoms. The molecule has 2 N–H and O–H groups in total. The Morgan fingerprint density at radius 1 is 1.32 bits per heavy atom. The lowest BCUT2D eigenvalue weighted by Gasteiger charge is -2.13. The van der Waals surface area contributed by atoms with Crippen molar-refractivity contribution in [3.63, 3.8) is 0 Å². The monoisotopic (exact) mass is 290 g/mol. The SMILES string of the molecule is COC1CN(S(=O)(=O)c2ccc(CN)o2)CC1OC. The molecule has 2 heterocycles. The number of sulfonamides is 1. The molecule has 2 unspecified atom stereocenters. The summed E-state index contributed by atoms with van der Waals surface area (Å²) < 4.78 is 41.7. The molecule has 0 bridgehead atoms. The summed E-state index contributed by atoms with van der Waals surface area (Å²) in [6, 6.07) is 2.98. The van der Waals surface area contributed by atoms with Crippen LogP contribution in [0.1, 0.15) is 5.76 Å². The zero-order valence-electron chi connectivity index (χ0n) is 10.9. The maximum Gasteiger partial charge on any atom is 0.276 e. The van der Waals surface area contributed by atoms with Crippen LogP contribution in [-0.4, -0.2) is 52.2 Å². The van der Waals surface area contributed by atoms with Gasteiger partial charge in [0.15, 0.2) is 0 Å². The Hall–Kier alpha value is -0.930. The molecule has 108 valence electrons. The van der Waals surface area contributed by atoms with Crippen molar-refractivity contribution in [2.75, 3.05) is 27.3 Å². The van der Waals surface area contributed by atoms with Crippen molar-refractivity contribution >= 4 is 10.0 Å². The molecule has 0 aliphatic carbocycles. The number of nitrogens with zero attached hydrogens (tertiary/aromatic N) is 1. The lowest BCUT2D eigenvalue weighted by atomic mass is 10.3. The summed E-state index contributed by atoms with van der Waals surface area (Å²) in [4.78, 5) is 0. The summed E-state index contributed by atoms with van der Waals surface area (Å²) in [6.07, 6.45) is -0.549. The summed E-state index contributed by atoms with van der Waals surface area (Å²) in [5.74, 6) is 0.435. The zero-order valence-corrected chi connectivity index (χ0v) is 11.7. The summed E-state index contributed by atoms with van der Waals surface area (Å²) in [5, 5.41) is -0.0976. The van der Waals surface area contributed by atoms with Crippen LogP contribution in [0, 0.1) is 0 Å². The van der Waals surface area contributed by atoms with Crippen molar-refractivity contribution in [3.8, 4) is 0 Å². The first-order valence-electron chi connectivity index (χ1n) is 5.87. The molecule has 0 saturated carbocycles. The fourth-order valence-corrected chi connectivity index (χ4v) is 3.49. The van der Waals surface area contributed by atoms with Crippen LogP contribution in [0.3, 0.4) is 0 Å². The highest BCUT2D eigenvalue weighted by Gasteiger charge is 2.41. The second-order valence-electron chi connectivity index (χ2n) is 4.30. The van der Waals surface area contributed by atoms with Gasteiger partial charge < -0.3 is 19.6 Å². The van der Waals surface area contributed by atoms with Gasteiger partial charge in [0.25, 0.3) is 10.0 Å². The average molecular weight is 290 g/mol. The average Bonchev–Trinajstić information content (AvgIpc) is 3.05. The molecule has 2 rings (SSSR count). The van der Waals surface area contributed by atoms with E-state index >= 15 is 0 Å². The highest BCUT2D eigenvalue weighted by Crippen LogP contribution is 2.25. The minimum Gasteiger partial charge on any atom is -0.447 e. The van der Waals surface area contributed by atoms with Gasteiger partial charge in [0.05, 0.1) is 18.8 Å². The van der Waals surface area contributed by atoms with E-state index in [1.54, 1.807) is 6.07 Å². The van der Waals surface area contributed by atoms with E-state index in [1.807, 2.05) is 0 Å². The van der Waals surface area contributed by atoms with Crippen LogP contribution in [0.15, 0.2) is 21.6 Å². The third-order valence-corrected chi connectivity index (χ3v) is 4.93. The Balaban J connectivity index is 2.21. The Kier molecular flexibility index (Phi) is 4.26. The van der Waals surface area contributed by atoms with E-state index in [1.165, 1.54) is 24.6 Å². The molecular formula is C11H18N2O5S. The van der Waals surface area contributed by atoms with Gasteiger partial charge in [-0.05, 0) is 12.1 Å². The van der Waals surface area contributed by atoms with Gasteiger partial charge in [-0.2, -0.15) is 4.31 Å². The first kappa shape index (κ1) is 14.5. The summed E-state index contributed by atoms with van der Waals surface area (Å²) in [7, 11) is -0.595. The van der Waals surface area contributed by atoms with Crippen molar-refractivity contribution in [1.29, 1.82) is 0 Å². The van der Waals surface area contributed by atoms with E-state index in [2.05, 4.69) is 0 Å². The van der Waals surface area contributed by atoms with E-state index in [-0.39, 0.29) is 36.9 Å². The van der Waals surface area contributed by atoms with Crippen LogP contribution < -0.4 is 5.73 Å². The molecule has 1 fully saturated rings. The fourth-order valence-electron chi connectivity index (χ4n) is 2.09. The first-order valence-corrected chi connectivity index (χ1v) is 7.31. The van der Waals surface area contributed by atoms with E-state index in [0.717, 1.165) is 0 Å². The third kappa shape index (κ3) is 2.67. The quantitative estimate of drug-likeness (QED) is 0.805. The van der Waals surface area contributed by atoms with Crippen molar-refractivity contribution in [2.24, 2.45) is 5.73 Å². The normalized spacial score (nSPS) is 25.0. The zero-order chi connectivity index (χ0) is 14.0. The third-order valence-electron chi connectivity index (χ3n) is 3.22. The van der Waals surface area contributed by atoms with E-state index in [9.17, 15) is 8.42 Å². The molecule has 1 aromatic rings. The summed E-state index contributed by atoms with van der Waals surface area (Å²) >= 11 is 0. The van der Waals surface area contributed by atoms with Crippen molar-refractivity contribution in [3.05, 3.63) is 17.9 Å². The standard InChI is InChI=1S/C11H18N2O5S/c1-16-9-6-13(7-10(9)17-2)19(14,15)11-4-3-8(5-12)18-11/h3-4,9-10H,5-7,12H2,1-2H3. The smallest absolute Gasteiger partial charge is 0.276 e. The fraction of sp³-hybridized carbons (Fsp3) is 0.636. The molecule has 1 aliphatic heterocycles. The van der Waals surface area contributed by atoms with Crippen molar-refractivity contribution in [1.82, 2.24) is 4.31 Å². The van der Waals surface area contributed by atoms with E-state index in [0.29, 0.717) is 5.76 Å². The second kappa shape index (κ2) is 5.59. The van der Waals surface area contributed by atoms with Crippen LogP contribution >= 0.6 is 0 Å². The highest BCUT2D eigenvalue weighted by molar-refractivity contribution is 7.89. The van der Waals surface area contributed by atoms with Gasteiger partial charge in [0, 0.05) is 27.3 Å². The van der Waals surface area contributed by atoms with Crippen LogP contribution in [-0.2, 0) is 26.0 Å². The molecule has 1 saturated heterocycles. The Morgan fingerprint density at radius 2 is 1.89 bits per heavy atom. The molecule has 7 nitrogen and oxygen atoms in total. The molecule has 0 amide bonds. The highest BCUT2D eigenvalue weighted by atomic mass is 32.2. The van der Waals surface area contributed by atoms with Gasteiger partial charge in [-0.15, -0.1) is 0 Å².